The Hall–Kier alpha value is -0.260. The van der Waals surface area contributed by atoms with Crippen molar-refractivity contribution >= 4 is 0 Å². The van der Waals surface area contributed by atoms with Gasteiger partial charge in [-0.1, -0.05) is 32.4 Å². The molecule has 0 spiro atoms. The van der Waals surface area contributed by atoms with Gasteiger partial charge >= 0.3 is 0 Å². The van der Waals surface area contributed by atoms with Crippen LogP contribution in [0.15, 0.2) is 11.6 Å². The van der Waals surface area contributed by atoms with Crippen LogP contribution >= 0.6 is 0 Å². The van der Waals surface area contributed by atoms with Gasteiger partial charge in [0.1, 0.15) is 0 Å². The molecule has 1 fully saturated rings. The van der Waals surface area contributed by atoms with E-state index in [1.807, 2.05) is 0 Å². The second-order valence-corrected chi connectivity index (χ2v) is 6.02. The molecule has 0 aromatic heterocycles. The molecule has 2 rings (SSSR count). The summed E-state index contributed by atoms with van der Waals surface area (Å²) in [5.41, 5.74) is 2.94. The van der Waals surface area contributed by atoms with Gasteiger partial charge in [0.05, 0.1) is 0 Å². The Morgan fingerprint density at radius 1 is 1.08 bits per heavy atom. The molecule has 0 saturated heterocycles. The lowest BCUT2D eigenvalue weighted by molar-refractivity contribution is 0.166. The van der Waals surface area contributed by atoms with Crippen molar-refractivity contribution in [3.05, 3.63) is 11.6 Å². The van der Waals surface area contributed by atoms with Crippen LogP contribution in [0.3, 0.4) is 0 Å². The van der Waals surface area contributed by atoms with E-state index < -0.39 is 0 Å². The van der Waals surface area contributed by atoms with Gasteiger partial charge in [-0.05, 0) is 49.4 Å². The molecule has 0 nitrogen and oxygen atoms in total. The van der Waals surface area contributed by atoms with E-state index in [1.54, 1.807) is 5.57 Å². The minimum Gasteiger partial charge on any atom is -0.0848 e. The SMILES string of the molecule is CC1(C)CCC2(C)CCCC=C2C1. The maximum absolute atomic E-state index is 2.53. The first-order chi connectivity index (χ1) is 6.02. The minimum absolute atomic E-state index is 0.572. The monoisotopic (exact) mass is 178 g/mol. The van der Waals surface area contributed by atoms with E-state index in [0.29, 0.717) is 10.8 Å². The zero-order valence-corrected chi connectivity index (χ0v) is 9.32. The normalized spacial score (nSPS) is 37.9. The molecule has 1 atom stereocenters. The molecule has 0 aromatic carbocycles. The molecule has 0 amide bonds. The molecule has 2 aliphatic carbocycles. The Kier molecular flexibility index (Phi) is 2.05. The third-order valence-corrected chi connectivity index (χ3v) is 4.12. The van der Waals surface area contributed by atoms with Crippen LogP contribution in [0.4, 0.5) is 0 Å². The maximum atomic E-state index is 2.53. The quantitative estimate of drug-likeness (QED) is 0.485. The second kappa shape index (κ2) is 2.87. The molecule has 2 aliphatic rings. The molecule has 74 valence electrons. The molecular formula is C13H22. The number of allylic oxidation sites excluding steroid dienone is 2. The van der Waals surface area contributed by atoms with Crippen LogP contribution < -0.4 is 0 Å². The van der Waals surface area contributed by atoms with Crippen molar-refractivity contribution < 1.29 is 0 Å². The highest BCUT2D eigenvalue weighted by Crippen LogP contribution is 2.52. The van der Waals surface area contributed by atoms with Gasteiger partial charge in [-0.3, -0.25) is 0 Å². The summed E-state index contributed by atoms with van der Waals surface area (Å²) in [7, 11) is 0. The Balaban J connectivity index is 2.23. The molecular weight excluding hydrogens is 156 g/mol. The minimum atomic E-state index is 0.572. The maximum Gasteiger partial charge on any atom is -0.0116 e. The third-order valence-electron chi connectivity index (χ3n) is 4.12. The van der Waals surface area contributed by atoms with Gasteiger partial charge in [-0.15, -0.1) is 0 Å². The summed E-state index contributed by atoms with van der Waals surface area (Å²) in [5.74, 6) is 0. The zero-order chi connectivity index (χ0) is 9.53. The number of hydrogen-bond donors (Lipinski definition) is 0. The number of rotatable bonds is 0. The Morgan fingerprint density at radius 2 is 1.85 bits per heavy atom. The summed E-state index contributed by atoms with van der Waals surface area (Å²) < 4.78 is 0. The van der Waals surface area contributed by atoms with Gasteiger partial charge in [0, 0.05) is 0 Å². The van der Waals surface area contributed by atoms with E-state index in [-0.39, 0.29) is 0 Å². The molecule has 0 aromatic rings. The van der Waals surface area contributed by atoms with Crippen LogP contribution in [0.1, 0.15) is 59.3 Å². The number of hydrogen-bond acceptors (Lipinski definition) is 0. The van der Waals surface area contributed by atoms with Gasteiger partial charge in [-0.2, -0.15) is 0 Å². The molecule has 1 saturated carbocycles. The van der Waals surface area contributed by atoms with Crippen molar-refractivity contribution in [3.8, 4) is 0 Å². The topological polar surface area (TPSA) is 0 Å². The van der Waals surface area contributed by atoms with Crippen molar-refractivity contribution in [3.63, 3.8) is 0 Å². The average molecular weight is 178 g/mol. The lowest BCUT2D eigenvalue weighted by Gasteiger charge is -2.46. The van der Waals surface area contributed by atoms with Crippen LogP contribution in [0.25, 0.3) is 0 Å². The highest BCUT2D eigenvalue weighted by molar-refractivity contribution is 5.20. The first-order valence-corrected chi connectivity index (χ1v) is 5.71. The van der Waals surface area contributed by atoms with Crippen molar-refractivity contribution in [2.75, 3.05) is 0 Å². The molecule has 13 heavy (non-hydrogen) atoms. The summed E-state index contributed by atoms with van der Waals surface area (Å²) >= 11 is 0. The van der Waals surface area contributed by atoms with Crippen LogP contribution in [0, 0.1) is 10.8 Å². The highest BCUT2D eigenvalue weighted by Gasteiger charge is 2.39. The molecule has 0 N–H and O–H groups in total. The molecule has 0 heterocycles. The fraction of sp³-hybridized carbons (Fsp3) is 0.846. The average Bonchev–Trinajstić information content (AvgIpc) is 2.05. The summed E-state index contributed by atoms with van der Waals surface area (Å²) in [6, 6.07) is 0. The van der Waals surface area contributed by atoms with E-state index in [4.69, 9.17) is 0 Å². The van der Waals surface area contributed by atoms with Crippen LogP contribution in [0.5, 0.6) is 0 Å². The molecule has 0 heteroatoms. The summed E-state index contributed by atoms with van der Waals surface area (Å²) in [6.45, 7) is 7.32. The first-order valence-electron chi connectivity index (χ1n) is 5.71. The van der Waals surface area contributed by atoms with Gasteiger partial charge in [-0.25, -0.2) is 0 Å². The number of fused-ring (bicyclic) bond motifs is 1. The van der Waals surface area contributed by atoms with E-state index >= 15 is 0 Å². The molecule has 0 aliphatic heterocycles. The molecule has 0 bridgehead atoms. The third kappa shape index (κ3) is 1.68. The molecule has 1 unspecified atom stereocenters. The summed E-state index contributed by atoms with van der Waals surface area (Å²) in [6.07, 6.45) is 10.9. The van der Waals surface area contributed by atoms with Crippen LogP contribution in [-0.4, -0.2) is 0 Å². The van der Waals surface area contributed by atoms with Crippen LogP contribution in [0.2, 0.25) is 0 Å². The van der Waals surface area contributed by atoms with Crippen molar-refractivity contribution in [2.24, 2.45) is 10.8 Å². The van der Waals surface area contributed by atoms with Crippen molar-refractivity contribution in [2.45, 2.75) is 59.3 Å². The summed E-state index contributed by atoms with van der Waals surface area (Å²) in [4.78, 5) is 0. The van der Waals surface area contributed by atoms with E-state index in [2.05, 4.69) is 26.8 Å². The van der Waals surface area contributed by atoms with Gasteiger partial charge in [0.15, 0.2) is 0 Å². The van der Waals surface area contributed by atoms with Gasteiger partial charge < -0.3 is 0 Å². The van der Waals surface area contributed by atoms with Crippen molar-refractivity contribution in [1.29, 1.82) is 0 Å². The smallest absolute Gasteiger partial charge is 0.0116 e. The van der Waals surface area contributed by atoms with Gasteiger partial charge in [0.2, 0.25) is 0 Å². The fourth-order valence-electron chi connectivity index (χ4n) is 2.96. The largest absolute Gasteiger partial charge is 0.0848 e. The predicted molar refractivity (Wildman–Crippen MR) is 57.7 cm³/mol. The predicted octanol–water partition coefficient (Wildman–Crippen LogP) is 4.31. The van der Waals surface area contributed by atoms with E-state index in [1.165, 1.54) is 38.5 Å². The molecule has 0 radical (unpaired) electrons. The van der Waals surface area contributed by atoms with E-state index in [0.717, 1.165) is 0 Å². The Bertz CT molecular complexity index is 234. The van der Waals surface area contributed by atoms with E-state index in [9.17, 15) is 0 Å². The van der Waals surface area contributed by atoms with Crippen molar-refractivity contribution in [1.82, 2.24) is 0 Å². The Labute approximate surface area is 82.4 Å². The van der Waals surface area contributed by atoms with Crippen LogP contribution in [-0.2, 0) is 0 Å². The Morgan fingerprint density at radius 3 is 2.62 bits per heavy atom. The lowest BCUT2D eigenvalue weighted by atomic mass is 9.60. The highest BCUT2D eigenvalue weighted by atomic mass is 14.4. The van der Waals surface area contributed by atoms with Gasteiger partial charge in [0.25, 0.3) is 0 Å². The first kappa shape index (κ1) is 9.30. The zero-order valence-electron chi connectivity index (χ0n) is 9.32. The fourth-order valence-corrected chi connectivity index (χ4v) is 2.96. The second-order valence-electron chi connectivity index (χ2n) is 6.02. The lowest BCUT2D eigenvalue weighted by Crippen LogP contribution is -2.32. The standard InChI is InChI=1S/C13H22/c1-12(2)8-9-13(3)7-5-4-6-11(13)10-12/h6H,4-5,7-10H2,1-3H3. The summed E-state index contributed by atoms with van der Waals surface area (Å²) in [5, 5.41) is 0.